The molecule has 1 rings (SSSR count). The number of ether oxygens (including phenoxy) is 1. The van der Waals surface area contributed by atoms with Gasteiger partial charge in [-0.25, -0.2) is 8.42 Å². The first-order valence-electron chi connectivity index (χ1n) is 5.80. The Morgan fingerprint density at radius 1 is 1.50 bits per heavy atom. The second-order valence-electron chi connectivity index (χ2n) is 4.08. The topological polar surface area (TPSA) is 83.9 Å². The maximum atomic E-state index is 12.5. The van der Waals surface area contributed by atoms with Gasteiger partial charge < -0.3 is 9.84 Å². The Morgan fingerprint density at radius 2 is 2.10 bits per heavy atom. The van der Waals surface area contributed by atoms with Crippen LogP contribution in [0.5, 0.6) is 5.75 Å². The molecule has 1 atom stereocenters. The van der Waals surface area contributed by atoms with Gasteiger partial charge in [-0.15, -0.1) is 0 Å². The predicted molar refractivity (Wildman–Crippen MR) is 74.7 cm³/mol. The van der Waals surface area contributed by atoms with E-state index in [4.69, 9.17) is 21.4 Å². The lowest BCUT2D eigenvalue weighted by atomic mass is 10.2. The van der Waals surface area contributed by atoms with Gasteiger partial charge >= 0.3 is 5.97 Å². The Morgan fingerprint density at radius 3 is 2.55 bits per heavy atom. The number of rotatable bonds is 6. The van der Waals surface area contributed by atoms with E-state index in [1.54, 1.807) is 6.92 Å². The van der Waals surface area contributed by atoms with Gasteiger partial charge in [0.25, 0.3) is 0 Å². The molecule has 0 saturated carbocycles. The number of carboxylic acids is 1. The van der Waals surface area contributed by atoms with E-state index in [1.807, 2.05) is 0 Å². The summed E-state index contributed by atoms with van der Waals surface area (Å²) >= 11 is 5.78. The number of likely N-dealkylation sites (N-methyl/N-ethyl adjacent to an activating group) is 1. The van der Waals surface area contributed by atoms with Crippen molar-refractivity contribution in [2.24, 2.45) is 0 Å². The molecule has 0 heterocycles. The molecule has 0 spiro atoms. The predicted octanol–water partition coefficient (Wildman–Crippen LogP) is 1.83. The van der Waals surface area contributed by atoms with E-state index < -0.39 is 22.0 Å². The van der Waals surface area contributed by atoms with Gasteiger partial charge in [0.1, 0.15) is 16.7 Å². The van der Waals surface area contributed by atoms with Crippen LogP contribution in [-0.2, 0) is 14.8 Å². The molecule has 6 nitrogen and oxygen atoms in total. The van der Waals surface area contributed by atoms with Crippen molar-refractivity contribution in [3.05, 3.63) is 23.2 Å². The zero-order chi connectivity index (χ0) is 15.5. The van der Waals surface area contributed by atoms with E-state index in [9.17, 15) is 13.2 Å². The van der Waals surface area contributed by atoms with Crippen LogP contribution in [-0.4, -0.2) is 44.0 Å². The van der Waals surface area contributed by atoms with Crippen LogP contribution in [0.3, 0.4) is 0 Å². The summed E-state index contributed by atoms with van der Waals surface area (Å²) in [6.45, 7) is 1.60. The van der Waals surface area contributed by atoms with Crippen LogP contribution in [0.2, 0.25) is 5.02 Å². The van der Waals surface area contributed by atoms with E-state index >= 15 is 0 Å². The molecule has 0 aliphatic heterocycles. The van der Waals surface area contributed by atoms with Crippen LogP contribution in [0.1, 0.15) is 13.3 Å². The number of hydrogen-bond donors (Lipinski definition) is 1. The SMILES string of the molecule is CCC(C(=O)O)N(C)S(=O)(=O)c1ccc(Cl)cc1OC. The van der Waals surface area contributed by atoms with E-state index in [-0.39, 0.29) is 17.1 Å². The van der Waals surface area contributed by atoms with Gasteiger partial charge in [-0.3, -0.25) is 4.79 Å². The van der Waals surface area contributed by atoms with Gasteiger partial charge in [0, 0.05) is 18.1 Å². The molecule has 0 amide bonds. The van der Waals surface area contributed by atoms with Crippen LogP contribution in [0.4, 0.5) is 0 Å². The lowest BCUT2D eigenvalue weighted by Crippen LogP contribution is -2.41. The van der Waals surface area contributed by atoms with Gasteiger partial charge in [-0.1, -0.05) is 18.5 Å². The summed E-state index contributed by atoms with van der Waals surface area (Å²) < 4.78 is 30.8. The van der Waals surface area contributed by atoms with Crippen LogP contribution in [0, 0.1) is 0 Å². The highest BCUT2D eigenvalue weighted by atomic mass is 35.5. The molecule has 1 unspecified atom stereocenters. The minimum Gasteiger partial charge on any atom is -0.495 e. The number of halogens is 1. The maximum Gasteiger partial charge on any atom is 0.321 e. The third-order valence-electron chi connectivity index (χ3n) is 2.89. The molecule has 0 aliphatic rings. The third-order valence-corrected chi connectivity index (χ3v) is 5.03. The Labute approximate surface area is 123 Å². The Kier molecular flexibility index (Phi) is 5.38. The number of methoxy groups -OCH3 is 1. The monoisotopic (exact) mass is 321 g/mol. The molecule has 0 fully saturated rings. The fourth-order valence-corrected chi connectivity index (χ4v) is 3.45. The molecule has 0 radical (unpaired) electrons. The van der Waals surface area contributed by atoms with E-state index in [1.165, 1.54) is 32.4 Å². The molecule has 1 N–H and O–H groups in total. The summed E-state index contributed by atoms with van der Waals surface area (Å²) in [6, 6.07) is 2.93. The molecular weight excluding hydrogens is 306 g/mol. The van der Waals surface area contributed by atoms with Crippen molar-refractivity contribution in [3.63, 3.8) is 0 Å². The Bertz CT molecular complexity index is 602. The number of aliphatic carboxylic acids is 1. The average molecular weight is 322 g/mol. The van der Waals surface area contributed by atoms with Crippen molar-refractivity contribution in [3.8, 4) is 5.75 Å². The fraction of sp³-hybridized carbons (Fsp3) is 0.417. The summed E-state index contributed by atoms with van der Waals surface area (Å²) in [5, 5.41) is 9.39. The molecule has 20 heavy (non-hydrogen) atoms. The molecule has 112 valence electrons. The molecular formula is C12H16ClNO5S. The second kappa shape index (κ2) is 6.43. The van der Waals surface area contributed by atoms with Gasteiger partial charge in [-0.05, 0) is 18.6 Å². The average Bonchev–Trinajstić information content (AvgIpc) is 2.38. The van der Waals surface area contributed by atoms with Gasteiger partial charge in [-0.2, -0.15) is 4.31 Å². The standard InChI is InChI=1S/C12H16ClNO5S/c1-4-9(12(15)16)14(2)20(17,18)11-6-5-8(13)7-10(11)19-3/h5-7,9H,4H2,1-3H3,(H,15,16). The molecule has 0 aromatic heterocycles. The summed E-state index contributed by atoms with van der Waals surface area (Å²) in [6.07, 6.45) is 0.154. The number of hydrogen-bond acceptors (Lipinski definition) is 4. The summed E-state index contributed by atoms with van der Waals surface area (Å²) in [7, 11) is -1.44. The first kappa shape index (κ1) is 16.7. The zero-order valence-corrected chi connectivity index (χ0v) is 12.9. The number of benzene rings is 1. The zero-order valence-electron chi connectivity index (χ0n) is 11.3. The van der Waals surface area contributed by atoms with Crippen molar-refractivity contribution in [2.45, 2.75) is 24.3 Å². The minimum absolute atomic E-state index is 0.0737. The highest BCUT2D eigenvalue weighted by Crippen LogP contribution is 2.30. The highest BCUT2D eigenvalue weighted by molar-refractivity contribution is 7.89. The fourth-order valence-electron chi connectivity index (χ4n) is 1.76. The van der Waals surface area contributed by atoms with Crippen molar-refractivity contribution < 1.29 is 23.1 Å². The normalized spacial score (nSPS) is 13.2. The van der Waals surface area contributed by atoms with Crippen LogP contribution >= 0.6 is 11.6 Å². The van der Waals surface area contributed by atoms with E-state index in [0.717, 1.165) is 4.31 Å². The van der Waals surface area contributed by atoms with Gasteiger partial charge in [0.15, 0.2) is 0 Å². The van der Waals surface area contributed by atoms with Crippen LogP contribution in [0.15, 0.2) is 23.1 Å². The van der Waals surface area contributed by atoms with Crippen molar-refractivity contribution in [1.82, 2.24) is 4.31 Å². The maximum absolute atomic E-state index is 12.5. The largest absolute Gasteiger partial charge is 0.495 e. The summed E-state index contributed by atoms with van der Waals surface area (Å²) in [5.74, 6) is -1.13. The molecule has 1 aromatic carbocycles. The van der Waals surface area contributed by atoms with Gasteiger partial charge in [0.05, 0.1) is 7.11 Å². The number of carbonyl (C=O) groups is 1. The van der Waals surface area contributed by atoms with Gasteiger partial charge in [0.2, 0.25) is 10.0 Å². The second-order valence-corrected chi connectivity index (χ2v) is 6.48. The quantitative estimate of drug-likeness (QED) is 0.864. The first-order chi connectivity index (χ1) is 9.25. The summed E-state index contributed by atoms with van der Waals surface area (Å²) in [4.78, 5) is 11.0. The lowest BCUT2D eigenvalue weighted by Gasteiger charge is -2.24. The van der Waals surface area contributed by atoms with Crippen molar-refractivity contribution >= 4 is 27.6 Å². The first-order valence-corrected chi connectivity index (χ1v) is 7.61. The third kappa shape index (κ3) is 3.23. The van der Waals surface area contributed by atoms with E-state index in [0.29, 0.717) is 5.02 Å². The Hall–Kier alpha value is -1.31. The number of sulfonamides is 1. The minimum atomic E-state index is -3.99. The summed E-state index contributed by atoms with van der Waals surface area (Å²) in [5.41, 5.74) is 0. The molecule has 0 aliphatic carbocycles. The molecule has 1 aromatic rings. The molecule has 0 saturated heterocycles. The number of carboxylic acid groups (broad SMARTS) is 1. The van der Waals surface area contributed by atoms with Crippen molar-refractivity contribution in [1.29, 1.82) is 0 Å². The Balaban J connectivity index is 3.33. The van der Waals surface area contributed by atoms with Crippen LogP contribution < -0.4 is 4.74 Å². The van der Waals surface area contributed by atoms with Crippen LogP contribution in [0.25, 0.3) is 0 Å². The molecule has 0 bridgehead atoms. The smallest absolute Gasteiger partial charge is 0.321 e. The lowest BCUT2D eigenvalue weighted by molar-refractivity contribution is -0.141. The van der Waals surface area contributed by atoms with E-state index in [2.05, 4.69) is 0 Å². The number of nitrogens with zero attached hydrogens (tertiary/aromatic N) is 1. The highest BCUT2D eigenvalue weighted by Gasteiger charge is 2.33. The van der Waals surface area contributed by atoms with Crippen molar-refractivity contribution in [2.75, 3.05) is 14.2 Å². The molecule has 8 heteroatoms.